The molecule has 1 unspecified atom stereocenters. The van der Waals surface area contributed by atoms with Crippen LogP contribution in [-0.2, 0) is 5.60 Å². The fourth-order valence-corrected chi connectivity index (χ4v) is 3.56. The number of fused-ring (bicyclic) bond motifs is 1. The van der Waals surface area contributed by atoms with Crippen molar-refractivity contribution in [1.82, 2.24) is 19.9 Å². The maximum absolute atomic E-state index is 10.5. The van der Waals surface area contributed by atoms with Gasteiger partial charge in [0.25, 0.3) is 0 Å². The van der Waals surface area contributed by atoms with Crippen LogP contribution >= 0.6 is 22.9 Å². The fourth-order valence-electron chi connectivity index (χ4n) is 2.67. The van der Waals surface area contributed by atoms with Crippen molar-refractivity contribution in [3.63, 3.8) is 0 Å². The highest BCUT2D eigenvalue weighted by Crippen LogP contribution is 2.30. The van der Waals surface area contributed by atoms with Crippen molar-refractivity contribution in [2.75, 3.05) is 5.73 Å². The first kappa shape index (κ1) is 17.5. The van der Waals surface area contributed by atoms with Gasteiger partial charge in [0.2, 0.25) is 5.95 Å². The van der Waals surface area contributed by atoms with Crippen molar-refractivity contribution in [3.05, 3.63) is 57.8 Å². The van der Waals surface area contributed by atoms with E-state index < -0.39 is 5.60 Å². The lowest BCUT2D eigenvalue weighted by Gasteiger charge is -2.12. The fraction of sp³-hybridized carbons (Fsp3) is 0.105. The summed E-state index contributed by atoms with van der Waals surface area (Å²) in [5, 5.41) is 13.4. The van der Waals surface area contributed by atoms with Gasteiger partial charge in [-0.05, 0) is 30.7 Å². The summed E-state index contributed by atoms with van der Waals surface area (Å²) < 4.78 is 0. The van der Waals surface area contributed by atoms with Gasteiger partial charge in [-0.3, -0.25) is 0 Å². The SMILES string of the molecule is CC(O)(C#Cc1cc(Cl)cc(-c2c[nH]c3cnc(N)nc23)c1)c1nccs1. The maximum Gasteiger partial charge on any atom is 0.220 e. The van der Waals surface area contributed by atoms with E-state index in [9.17, 15) is 5.11 Å². The third-order valence-electron chi connectivity index (χ3n) is 3.94. The molecule has 4 rings (SSSR count). The van der Waals surface area contributed by atoms with E-state index in [1.165, 1.54) is 11.3 Å². The summed E-state index contributed by atoms with van der Waals surface area (Å²) in [6.07, 6.45) is 5.10. The van der Waals surface area contributed by atoms with Crippen molar-refractivity contribution >= 4 is 39.9 Å². The molecule has 0 saturated heterocycles. The molecule has 0 aliphatic carbocycles. The minimum Gasteiger partial charge on any atom is -0.371 e. The van der Waals surface area contributed by atoms with Gasteiger partial charge in [0.15, 0.2) is 5.60 Å². The van der Waals surface area contributed by atoms with Crippen molar-refractivity contribution in [2.45, 2.75) is 12.5 Å². The summed E-state index contributed by atoms with van der Waals surface area (Å²) in [5.41, 5.74) is 8.22. The molecule has 0 radical (unpaired) electrons. The van der Waals surface area contributed by atoms with E-state index in [1.807, 2.05) is 18.3 Å². The normalized spacial score (nSPS) is 13.1. The number of thiazole rings is 1. The number of hydrogen-bond acceptors (Lipinski definition) is 6. The van der Waals surface area contributed by atoms with E-state index in [-0.39, 0.29) is 5.95 Å². The summed E-state index contributed by atoms with van der Waals surface area (Å²) >= 11 is 7.64. The molecule has 0 bridgehead atoms. The van der Waals surface area contributed by atoms with E-state index in [0.29, 0.717) is 21.1 Å². The molecule has 1 atom stereocenters. The van der Waals surface area contributed by atoms with Crippen LogP contribution in [0.25, 0.3) is 22.2 Å². The second-order valence-corrected chi connectivity index (χ2v) is 7.41. The summed E-state index contributed by atoms with van der Waals surface area (Å²) in [5.74, 6) is 6.05. The van der Waals surface area contributed by atoms with Crippen LogP contribution < -0.4 is 5.73 Å². The van der Waals surface area contributed by atoms with Gasteiger partial charge in [0, 0.05) is 33.9 Å². The van der Waals surface area contributed by atoms with Gasteiger partial charge in [-0.15, -0.1) is 11.3 Å². The van der Waals surface area contributed by atoms with Crippen LogP contribution in [0.2, 0.25) is 5.02 Å². The number of aliphatic hydroxyl groups is 1. The Kier molecular flexibility index (Phi) is 4.32. The van der Waals surface area contributed by atoms with Crippen molar-refractivity contribution < 1.29 is 5.11 Å². The maximum atomic E-state index is 10.5. The number of rotatable bonds is 2. The highest BCUT2D eigenvalue weighted by Gasteiger charge is 2.22. The average molecular weight is 396 g/mol. The molecule has 0 aliphatic rings. The minimum absolute atomic E-state index is 0.199. The molecule has 1 aromatic carbocycles. The van der Waals surface area contributed by atoms with Crippen LogP contribution in [0.3, 0.4) is 0 Å². The number of aromatic amines is 1. The van der Waals surface area contributed by atoms with E-state index in [2.05, 4.69) is 31.8 Å². The van der Waals surface area contributed by atoms with Gasteiger partial charge >= 0.3 is 0 Å². The van der Waals surface area contributed by atoms with Crippen LogP contribution in [0.4, 0.5) is 5.95 Å². The van der Waals surface area contributed by atoms with Gasteiger partial charge in [-0.1, -0.05) is 23.4 Å². The number of halogens is 1. The molecule has 0 saturated carbocycles. The Labute approximate surface area is 164 Å². The zero-order valence-electron chi connectivity index (χ0n) is 14.2. The molecule has 6 nitrogen and oxygen atoms in total. The molecule has 27 heavy (non-hydrogen) atoms. The smallest absolute Gasteiger partial charge is 0.220 e. The largest absolute Gasteiger partial charge is 0.371 e. The number of aromatic nitrogens is 4. The lowest BCUT2D eigenvalue weighted by Crippen LogP contribution is -2.17. The van der Waals surface area contributed by atoms with Crippen molar-refractivity contribution in [2.24, 2.45) is 0 Å². The van der Waals surface area contributed by atoms with Crippen molar-refractivity contribution in [1.29, 1.82) is 0 Å². The molecule has 0 amide bonds. The highest BCUT2D eigenvalue weighted by atomic mass is 35.5. The summed E-state index contributed by atoms with van der Waals surface area (Å²) in [7, 11) is 0. The van der Waals surface area contributed by atoms with Crippen LogP contribution in [0.5, 0.6) is 0 Å². The Bertz CT molecular complexity index is 1190. The molecule has 3 aromatic heterocycles. The molecule has 8 heteroatoms. The monoisotopic (exact) mass is 395 g/mol. The van der Waals surface area contributed by atoms with Crippen LogP contribution in [0.15, 0.2) is 42.2 Å². The van der Waals surface area contributed by atoms with Gasteiger partial charge in [-0.25, -0.2) is 15.0 Å². The van der Waals surface area contributed by atoms with Gasteiger partial charge < -0.3 is 15.8 Å². The molecule has 0 spiro atoms. The van der Waals surface area contributed by atoms with Crippen LogP contribution in [0.1, 0.15) is 17.5 Å². The van der Waals surface area contributed by atoms with Gasteiger partial charge in [-0.2, -0.15) is 0 Å². The number of nitrogens with two attached hydrogens (primary N) is 1. The van der Waals surface area contributed by atoms with Crippen LogP contribution in [0, 0.1) is 11.8 Å². The lowest BCUT2D eigenvalue weighted by molar-refractivity contribution is 0.122. The minimum atomic E-state index is -1.33. The standard InChI is InChI=1S/C19H14ClN5OS/c1-19(26,17-22-4-5-27-17)3-2-11-6-12(8-13(20)7-11)14-9-23-15-10-24-18(21)25-16(14)15/h4-10,23,26H,1H3,(H2,21,24,25). The zero-order chi connectivity index (χ0) is 19.0. The number of benzene rings is 1. The second-order valence-electron chi connectivity index (χ2n) is 6.08. The molecule has 0 aliphatic heterocycles. The number of anilines is 1. The third-order valence-corrected chi connectivity index (χ3v) is 5.14. The Balaban J connectivity index is 1.77. The Morgan fingerprint density at radius 1 is 1.30 bits per heavy atom. The van der Waals surface area contributed by atoms with E-state index in [1.54, 1.807) is 30.8 Å². The topological polar surface area (TPSA) is 101 Å². The first-order valence-electron chi connectivity index (χ1n) is 7.98. The number of hydrogen-bond donors (Lipinski definition) is 3. The Morgan fingerprint density at radius 3 is 2.93 bits per heavy atom. The van der Waals surface area contributed by atoms with Gasteiger partial charge in [0.05, 0.1) is 11.7 Å². The predicted molar refractivity (Wildman–Crippen MR) is 107 cm³/mol. The van der Waals surface area contributed by atoms with Crippen molar-refractivity contribution in [3.8, 4) is 23.0 Å². The number of nitrogens with zero attached hydrogens (tertiary/aromatic N) is 3. The second kappa shape index (κ2) is 6.67. The van der Waals surface area contributed by atoms with Gasteiger partial charge in [0.1, 0.15) is 10.5 Å². The molecular weight excluding hydrogens is 382 g/mol. The molecular formula is C19H14ClN5OS. The molecule has 0 fully saturated rings. The van der Waals surface area contributed by atoms with Crippen LogP contribution in [-0.4, -0.2) is 25.0 Å². The Hall–Kier alpha value is -2.92. The van der Waals surface area contributed by atoms with E-state index in [4.69, 9.17) is 17.3 Å². The first-order valence-corrected chi connectivity index (χ1v) is 9.24. The summed E-state index contributed by atoms with van der Waals surface area (Å²) in [6, 6.07) is 5.46. The van der Waals surface area contributed by atoms with E-state index >= 15 is 0 Å². The number of nitrogen functional groups attached to an aromatic ring is 1. The average Bonchev–Trinajstić information content (AvgIpc) is 3.29. The van der Waals surface area contributed by atoms with E-state index in [0.717, 1.165) is 16.6 Å². The number of H-pyrrole nitrogens is 1. The predicted octanol–water partition coefficient (Wildman–Crippen LogP) is 3.58. The molecule has 4 aromatic rings. The number of nitrogens with one attached hydrogen (secondary N) is 1. The quantitative estimate of drug-likeness (QED) is 0.450. The Morgan fingerprint density at radius 2 is 2.15 bits per heavy atom. The highest BCUT2D eigenvalue weighted by molar-refractivity contribution is 7.09. The first-order chi connectivity index (χ1) is 12.9. The zero-order valence-corrected chi connectivity index (χ0v) is 15.8. The molecule has 4 N–H and O–H groups in total. The molecule has 134 valence electrons. The molecule has 3 heterocycles. The summed E-state index contributed by atoms with van der Waals surface area (Å²) in [6.45, 7) is 1.61. The third kappa shape index (κ3) is 3.51. The summed E-state index contributed by atoms with van der Waals surface area (Å²) in [4.78, 5) is 15.5. The lowest BCUT2D eigenvalue weighted by atomic mass is 10.0.